The van der Waals surface area contributed by atoms with E-state index in [-0.39, 0.29) is 17.3 Å². The van der Waals surface area contributed by atoms with Crippen LogP contribution in [0.4, 0.5) is 0 Å². The monoisotopic (exact) mass is 318 g/mol. The first-order valence-electron chi connectivity index (χ1n) is 8.21. The van der Waals surface area contributed by atoms with Gasteiger partial charge >= 0.3 is 0 Å². The molecule has 0 amide bonds. The lowest BCUT2D eigenvalue weighted by Crippen LogP contribution is -2.42. The average molecular weight is 318 g/mol. The zero-order valence-electron chi connectivity index (χ0n) is 13.4. The van der Waals surface area contributed by atoms with Gasteiger partial charge in [-0.3, -0.25) is 0 Å². The van der Waals surface area contributed by atoms with Crippen molar-refractivity contribution in [2.75, 3.05) is 25.4 Å². The molecule has 21 heavy (non-hydrogen) atoms. The van der Waals surface area contributed by atoms with E-state index in [1.807, 2.05) is 0 Å². The number of ether oxygens (including phenoxy) is 1. The van der Waals surface area contributed by atoms with Crippen molar-refractivity contribution in [1.29, 1.82) is 0 Å². The Morgan fingerprint density at radius 3 is 2.62 bits per heavy atom. The molecule has 0 aromatic heterocycles. The second-order valence-electron chi connectivity index (χ2n) is 7.04. The smallest absolute Gasteiger partial charge is 0.212 e. The molecule has 2 fully saturated rings. The summed E-state index contributed by atoms with van der Waals surface area (Å²) < 4.78 is 32.2. The Balaban J connectivity index is 1.66. The van der Waals surface area contributed by atoms with Crippen LogP contribution in [0.5, 0.6) is 0 Å². The van der Waals surface area contributed by atoms with E-state index in [9.17, 15) is 8.42 Å². The van der Waals surface area contributed by atoms with E-state index in [4.69, 9.17) is 4.74 Å². The zero-order valence-corrected chi connectivity index (χ0v) is 14.2. The molecule has 0 unspecified atom stereocenters. The van der Waals surface area contributed by atoms with Crippen LogP contribution in [0.2, 0.25) is 0 Å². The maximum absolute atomic E-state index is 12.0. The van der Waals surface area contributed by atoms with Gasteiger partial charge in [0.2, 0.25) is 10.0 Å². The van der Waals surface area contributed by atoms with Crippen LogP contribution in [0.3, 0.4) is 0 Å². The van der Waals surface area contributed by atoms with Crippen molar-refractivity contribution in [2.24, 2.45) is 5.41 Å². The number of hydrogen-bond donors (Lipinski definition) is 2. The summed E-state index contributed by atoms with van der Waals surface area (Å²) in [5, 5.41) is 3.42. The van der Waals surface area contributed by atoms with Crippen molar-refractivity contribution < 1.29 is 13.2 Å². The van der Waals surface area contributed by atoms with Gasteiger partial charge in [0.15, 0.2) is 0 Å². The third-order valence-corrected chi connectivity index (χ3v) is 6.17. The van der Waals surface area contributed by atoms with Crippen molar-refractivity contribution in [3.63, 3.8) is 0 Å². The van der Waals surface area contributed by atoms with Gasteiger partial charge in [-0.1, -0.05) is 20.3 Å². The Bertz CT molecular complexity index is 417. The first-order valence-corrected chi connectivity index (χ1v) is 9.87. The van der Waals surface area contributed by atoms with E-state index in [1.54, 1.807) is 0 Å². The molecule has 2 aliphatic rings. The van der Waals surface area contributed by atoms with E-state index in [0.29, 0.717) is 19.1 Å². The summed E-state index contributed by atoms with van der Waals surface area (Å²) >= 11 is 0. The van der Waals surface area contributed by atoms with Gasteiger partial charge < -0.3 is 10.1 Å². The molecule has 1 aliphatic carbocycles. The van der Waals surface area contributed by atoms with Crippen LogP contribution < -0.4 is 10.0 Å². The highest BCUT2D eigenvalue weighted by atomic mass is 32.2. The molecule has 124 valence electrons. The molecule has 5 nitrogen and oxygen atoms in total. The largest absolute Gasteiger partial charge is 0.377 e. The Morgan fingerprint density at radius 2 is 2.00 bits per heavy atom. The average Bonchev–Trinajstić information content (AvgIpc) is 2.77. The Morgan fingerprint density at radius 1 is 1.19 bits per heavy atom. The van der Waals surface area contributed by atoms with E-state index in [1.165, 1.54) is 12.8 Å². The molecular weight excluding hydrogens is 288 g/mol. The van der Waals surface area contributed by atoms with Gasteiger partial charge in [0.05, 0.1) is 11.9 Å². The van der Waals surface area contributed by atoms with Gasteiger partial charge in [-0.15, -0.1) is 0 Å². The van der Waals surface area contributed by atoms with Crippen molar-refractivity contribution in [3.05, 3.63) is 0 Å². The van der Waals surface area contributed by atoms with E-state index in [2.05, 4.69) is 23.9 Å². The SMILES string of the molecule is CC1(C)CCC[C@@H]1NCCS(=O)(=O)NC[C@H]1CCCCO1. The fourth-order valence-corrected chi connectivity index (χ4v) is 4.30. The third-order valence-electron chi connectivity index (χ3n) is 4.82. The Labute approximate surface area is 129 Å². The van der Waals surface area contributed by atoms with Crippen molar-refractivity contribution >= 4 is 10.0 Å². The molecule has 1 saturated heterocycles. The molecule has 1 aliphatic heterocycles. The van der Waals surface area contributed by atoms with Gasteiger partial charge in [0.1, 0.15) is 0 Å². The van der Waals surface area contributed by atoms with E-state index >= 15 is 0 Å². The number of sulfonamides is 1. The maximum atomic E-state index is 12.0. The minimum Gasteiger partial charge on any atom is -0.377 e. The Kier molecular flexibility index (Phi) is 6.05. The highest BCUT2D eigenvalue weighted by molar-refractivity contribution is 7.89. The third kappa shape index (κ3) is 5.51. The predicted octanol–water partition coefficient (Wildman–Crippen LogP) is 1.64. The fraction of sp³-hybridized carbons (Fsp3) is 1.00. The summed E-state index contributed by atoms with van der Waals surface area (Å²) in [6, 6.07) is 0.439. The summed E-state index contributed by atoms with van der Waals surface area (Å²) in [6.07, 6.45) is 6.82. The van der Waals surface area contributed by atoms with Crippen LogP contribution in [-0.2, 0) is 14.8 Å². The van der Waals surface area contributed by atoms with Crippen LogP contribution in [0.1, 0.15) is 52.4 Å². The highest BCUT2D eigenvalue weighted by Crippen LogP contribution is 2.36. The Hall–Kier alpha value is -0.170. The van der Waals surface area contributed by atoms with Gasteiger partial charge in [0, 0.05) is 25.7 Å². The molecule has 0 aromatic carbocycles. The van der Waals surface area contributed by atoms with Crippen LogP contribution in [-0.4, -0.2) is 46.0 Å². The maximum Gasteiger partial charge on any atom is 0.212 e. The lowest BCUT2D eigenvalue weighted by atomic mass is 9.87. The van der Waals surface area contributed by atoms with Crippen LogP contribution in [0.25, 0.3) is 0 Å². The van der Waals surface area contributed by atoms with Gasteiger partial charge in [0.25, 0.3) is 0 Å². The zero-order chi connectivity index (χ0) is 15.3. The van der Waals surface area contributed by atoms with Gasteiger partial charge in [-0.25, -0.2) is 13.1 Å². The molecule has 2 atom stereocenters. The molecule has 0 bridgehead atoms. The molecule has 0 radical (unpaired) electrons. The number of nitrogens with one attached hydrogen (secondary N) is 2. The molecule has 0 spiro atoms. The minimum atomic E-state index is -3.20. The summed E-state index contributed by atoms with van der Waals surface area (Å²) in [7, 11) is -3.20. The molecule has 2 N–H and O–H groups in total. The van der Waals surface area contributed by atoms with Crippen molar-refractivity contribution in [1.82, 2.24) is 10.0 Å². The van der Waals surface area contributed by atoms with Gasteiger partial charge in [-0.05, 0) is 37.5 Å². The minimum absolute atomic E-state index is 0.0512. The van der Waals surface area contributed by atoms with Crippen LogP contribution >= 0.6 is 0 Å². The van der Waals surface area contributed by atoms with Crippen molar-refractivity contribution in [2.45, 2.75) is 64.5 Å². The number of hydrogen-bond acceptors (Lipinski definition) is 4. The normalized spacial score (nSPS) is 29.6. The fourth-order valence-electron chi connectivity index (χ4n) is 3.33. The summed E-state index contributed by atoms with van der Waals surface area (Å²) in [5.41, 5.74) is 0.285. The van der Waals surface area contributed by atoms with E-state index < -0.39 is 10.0 Å². The lowest BCUT2D eigenvalue weighted by molar-refractivity contribution is 0.0200. The second kappa shape index (κ2) is 7.40. The molecule has 0 aromatic rings. The highest BCUT2D eigenvalue weighted by Gasteiger charge is 2.33. The summed E-state index contributed by atoms with van der Waals surface area (Å²) in [4.78, 5) is 0. The second-order valence-corrected chi connectivity index (χ2v) is 8.97. The van der Waals surface area contributed by atoms with Crippen molar-refractivity contribution in [3.8, 4) is 0 Å². The van der Waals surface area contributed by atoms with Gasteiger partial charge in [-0.2, -0.15) is 0 Å². The topological polar surface area (TPSA) is 67.4 Å². The first-order chi connectivity index (χ1) is 9.89. The molecule has 2 rings (SSSR count). The van der Waals surface area contributed by atoms with Crippen LogP contribution in [0.15, 0.2) is 0 Å². The molecule has 1 heterocycles. The summed E-state index contributed by atoms with van der Waals surface area (Å²) in [6.45, 7) is 6.20. The standard InChI is InChI=1S/C15H30N2O3S/c1-15(2)8-5-7-14(15)16-9-11-21(18,19)17-12-13-6-3-4-10-20-13/h13-14,16-17H,3-12H2,1-2H3/t13-,14+/m1/s1. The first kappa shape index (κ1) is 17.2. The predicted molar refractivity (Wildman–Crippen MR) is 84.8 cm³/mol. The quantitative estimate of drug-likeness (QED) is 0.749. The molecule has 6 heteroatoms. The lowest BCUT2D eigenvalue weighted by Gasteiger charge is -2.28. The van der Waals surface area contributed by atoms with Crippen LogP contribution in [0, 0.1) is 5.41 Å². The molecular formula is C15H30N2O3S. The number of rotatable bonds is 7. The summed E-state index contributed by atoms with van der Waals surface area (Å²) in [5.74, 6) is 0.145. The van der Waals surface area contributed by atoms with E-state index in [0.717, 1.165) is 32.3 Å². The molecule has 1 saturated carbocycles.